The van der Waals surface area contributed by atoms with Gasteiger partial charge in [0.2, 0.25) is 0 Å². The first-order valence-electron chi connectivity index (χ1n) is 10.9. The lowest BCUT2D eigenvalue weighted by molar-refractivity contribution is -0.0454. The summed E-state index contributed by atoms with van der Waals surface area (Å²) < 4.78 is 0. The second-order valence-corrected chi connectivity index (χ2v) is 10.2. The second-order valence-electron chi connectivity index (χ2n) is 10.2. The highest BCUT2D eigenvalue weighted by atomic mass is 16.3. The molecule has 0 bridgehead atoms. The molecule has 0 heterocycles. The number of allylic oxidation sites excluding steroid dienone is 3. The van der Waals surface area contributed by atoms with Crippen molar-refractivity contribution in [1.82, 2.24) is 0 Å². The second kappa shape index (κ2) is 6.25. The number of fused-ring (bicyclic) bond motifs is 5. The lowest BCUT2D eigenvalue weighted by Crippen LogP contribution is -2.50. The number of hydrogen-bond donors (Lipinski definition) is 1. The van der Waals surface area contributed by atoms with Crippen molar-refractivity contribution in [3.8, 4) is 0 Å². The van der Waals surface area contributed by atoms with Crippen LogP contribution in [0.3, 0.4) is 0 Å². The van der Waals surface area contributed by atoms with Crippen LogP contribution in [-0.4, -0.2) is 11.2 Å². The summed E-state index contributed by atoms with van der Waals surface area (Å²) in [6.07, 6.45) is 16.3. The number of rotatable bonds is 2. The lowest BCUT2D eigenvalue weighted by atomic mass is 9.47. The summed E-state index contributed by atoms with van der Waals surface area (Å²) in [7, 11) is 0. The highest BCUT2D eigenvalue weighted by molar-refractivity contribution is 5.26. The Morgan fingerprint density at radius 1 is 1.16 bits per heavy atom. The summed E-state index contributed by atoms with van der Waals surface area (Å²) in [5, 5.41) is 10.1. The third-order valence-corrected chi connectivity index (χ3v) is 9.15. The minimum atomic E-state index is -0.0811. The van der Waals surface area contributed by atoms with Crippen molar-refractivity contribution in [2.24, 2.45) is 34.5 Å². The highest BCUT2D eigenvalue weighted by Gasteiger charge is 2.58. The van der Waals surface area contributed by atoms with Gasteiger partial charge in [0.05, 0.1) is 6.10 Å². The fraction of sp³-hybridized carbons (Fsp3) is 0.833. The molecule has 1 N–H and O–H groups in total. The molecule has 7 atom stereocenters. The van der Waals surface area contributed by atoms with Crippen LogP contribution in [0.25, 0.3) is 0 Å². The first-order valence-corrected chi connectivity index (χ1v) is 10.9. The molecule has 1 nitrogen and oxygen atoms in total. The van der Waals surface area contributed by atoms with Gasteiger partial charge in [0, 0.05) is 0 Å². The van der Waals surface area contributed by atoms with Crippen LogP contribution in [0.1, 0.15) is 85.5 Å². The van der Waals surface area contributed by atoms with E-state index in [0.717, 1.165) is 36.5 Å². The summed E-state index contributed by atoms with van der Waals surface area (Å²) >= 11 is 0. The third-order valence-electron chi connectivity index (χ3n) is 9.15. The van der Waals surface area contributed by atoms with Gasteiger partial charge in [-0.3, -0.25) is 0 Å². The largest absolute Gasteiger partial charge is 0.393 e. The van der Waals surface area contributed by atoms with E-state index in [1.807, 2.05) is 0 Å². The van der Waals surface area contributed by atoms with Gasteiger partial charge in [-0.2, -0.15) is 0 Å². The molecular weight excluding hydrogens is 304 g/mol. The van der Waals surface area contributed by atoms with Gasteiger partial charge in [-0.15, -0.1) is 0 Å². The average molecular weight is 343 g/mol. The summed E-state index contributed by atoms with van der Waals surface area (Å²) in [5.41, 5.74) is 4.19. The van der Waals surface area contributed by atoms with E-state index < -0.39 is 0 Å². The molecule has 3 saturated carbocycles. The maximum Gasteiger partial charge on any atom is 0.0577 e. The molecule has 1 heteroatoms. The molecule has 25 heavy (non-hydrogen) atoms. The maximum atomic E-state index is 10.1. The molecule has 0 aromatic heterocycles. The summed E-state index contributed by atoms with van der Waals surface area (Å²) in [6.45, 7) is 9.85. The topological polar surface area (TPSA) is 20.2 Å². The van der Waals surface area contributed by atoms with Gasteiger partial charge in [0.15, 0.2) is 0 Å². The normalized spacial score (nSPS) is 49.9. The van der Waals surface area contributed by atoms with Crippen LogP contribution in [0, 0.1) is 34.5 Å². The van der Waals surface area contributed by atoms with E-state index in [0.29, 0.717) is 10.8 Å². The molecule has 0 amide bonds. The Bertz CT molecular complexity index is 587. The van der Waals surface area contributed by atoms with Crippen LogP contribution < -0.4 is 0 Å². The van der Waals surface area contributed by atoms with E-state index in [-0.39, 0.29) is 6.10 Å². The number of hydrogen-bond acceptors (Lipinski definition) is 1. The average Bonchev–Trinajstić information content (AvgIpc) is 2.93. The van der Waals surface area contributed by atoms with Crippen LogP contribution in [-0.2, 0) is 0 Å². The minimum Gasteiger partial charge on any atom is -0.393 e. The minimum absolute atomic E-state index is 0.0811. The van der Waals surface area contributed by atoms with E-state index in [4.69, 9.17) is 0 Å². The SMILES string of the molecule is CC/C=C(\C)C1CCC2C3CC=C4CC(O)CCC4(C)C3CCC12C. The van der Waals surface area contributed by atoms with Gasteiger partial charge in [0.1, 0.15) is 0 Å². The van der Waals surface area contributed by atoms with E-state index in [1.54, 1.807) is 11.1 Å². The van der Waals surface area contributed by atoms with E-state index in [1.165, 1.54) is 44.9 Å². The summed E-state index contributed by atoms with van der Waals surface area (Å²) in [5.74, 6) is 3.50. The molecule has 0 spiro atoms. The zero-order chi connectivity index (χ0) is 17.8. The Labute approximate surface area is 155 Å². The Kier molecular flexibility index (Phi) is 4.46. The third kappa shape index (κ3) is 2.59. The zero-order valence-corrected chi connectivity index (χ0v) is 16.9. The van der Waals surface area contributed by atoms with Crippen molar-refractivity contribution in [2.45, 2.75) is 91.6 Å². The van der Waals surface area contributed by atoms with E-state index in [9.17, 15) is 5.11 Å². The van der Waals surface area contributed by atoms with Gasteiger partial charge < -0.3 is 5.11 Å². The van der Waals surface area contributed by atoms with Gasteiger partial charge in [-0.25, -0.2) is 0 Å². The van der Waals surface area contributed by atoms with Crippen molar-refractivity contribution in [3.05, 3.63) is 23.3 Å². The van der Waals surface area contributed by atoms with Crippen molar-refractivity contribution >= 4 is 0 Å². The fourth-order valence-electron chi connectivity index (χ4n) is 7.85. The molecule has 0 saturated heterocycles. The smallest absolute Gasteiger partial charge is 0.0577 e. The summed E-state index contributed by atoms with van der Waals surface area (Å²) in [6, 6.07) is 0. The van der Waals surface area contributed by atoms with Gasteiger partial charge in [-0.05, 0) is 99.2 Å². The monoisotopic (exact) mass is 342 g/mol. The molecule has 0 aromatic rings. The molecule has 0 radical (unpaired) electrons. The van der Waals surface area contributed by atoms with Crippen LogP contribution in [0.4, 0.5) is 0 Å². The molecule has 4 aliphatic carbocycles. The molecular formula is C24H38O. The standard InChI is InChI=1S/C24H38O/c1-5-6-16(2)20-9-10-21-19-8-7-17-15-18(25)11-13-23(17,3)22(19)12-14-24(20,21)4/h6-7,18-22,25H,5,8-15H2,1-4H3/b16-6+. The quantitative estimate of drug-likeness (QED) is 0.585. The fourth-order valence-corrected chi connectivity index (χ4v) is 7.85. The predicted octanol–water partition coefficient (Wildman–Crippen LogP) is 6.28. The Hall–Kier alpha value is -0.560. The first kappa shape index (κ1) is 17.8. The van der Waals surface area contributed by atoms with E-state index in [2.05, 4.69) is 39.8 Å². The van der Waals surface area contributed by atoms with Crippen molar-refractivity contribution in [2.75, 3.05) is 0 Å². The number of aliphatic hydroxyl groups excluding tert-OH is 1. The molecule has 140 valence electrons. The molecule has 4 rings (SSSR count). The van der Waals surface area contributed by atoms with Gasteiger partial charge in [0.25, 0.3) is 0 Å². The van der Waals surface area contributed by atoms with E-state index >= 15 is 0 Å². The Morgan fingerprint density at radius 2 is 1.96 bits per heavy atom. The Morgan fingerprint density at radius 3 is 2.72 bits per heavy atom. The van der Waals surface area contributed by atoms with Crippen LogP contribution in [0.15, 0.2) is 23.3 Å². The van der Waals surface area contributed by atoms with Crippen LogP contribution >= 0.6 is 0 Å². The van der Waals surface area contributed by atoms with Crippen LogP contribution in [0.2, 0.25) is 0 Å². The molecule has 0 aliphatic heterocycles. The molecule has 4 aliphatic rings. The summed E-state index contributed by atoms with van der Waals surface area (Å²) in [4.78, 5) is 0. The lowest BCUT2D eigenvalue weighted by Gasteiger charge is -2.58. The molecule has 0 aromatic carbocycles. The number of aliphatic hydroxyl groups is 1. The van der Waals surface area contributed by atoms with Crippen molar-refractivity contribution < 1.29 is 5.11 Å². The van der Waals surface area contributed by atoms with Gasteiger partial charge >= 0.3 is 0 Å². The Balaban J connectivity index is 1.63. The van der Waals surface area contributed by atoms with Crippen LogP contribution in [0.5, 0.6) is 0 Å². The first-order chi connectivity index (χ1) is 11.9. The maximum absolute atomic E-state index is 10.1. The molecule has 7 unspecified atom stereocenters. The van der Waals surface area contributed by atoms with Gasteiger partial charge in [-0.1, -0.05) is 44.1 Å². The zero-order valence-electron chi connectivity index (χ0n) is 16.9. The predicted molar refractivity (Wildman–Crippen MR) is 105 cm³/mol. The highest BCUT2D eigenvalue weighted by Crippen LogP contribution is 2.67. The van der Waals surface area contributed by atoms with Crippen molar-refractivity contribution in [3.63, 3.8) is 0 Å². The molecule has 3 fully saturated rings. The van der Waals surface area contributed by atoms with Crippen molar-refractivity contribution in [1.29, 1.82) is 0 Å².